The van der Waals surface area contributed by atoms with Crippen LogP contribution < -0.4 is 5.11 Å². The zero-order chi connectivity index (χ0) is 10.7. The molecule has 5 nitrogen and oxygen atoms in total. The van der Waals surface area contributed by atoms with Crippen LogP contribution in [0.1, 0.15) is 19.3 Å². The molecule has 0 saturated heterocycles. The molecule has 1 aliphatic carbocycles. The van der Waals surface area contributed by atoms with Crippen LogP contribution in [0.15, 0.2) is 0 Å². The van der Waals surface area contributed by atoms with E-state index in [9.17, 15) is 20.0 Å². The van der Waals surface area contributed by atoms with E-state index in [0.717, 1.165) is 6.42 Å². The zero-order valence-corrected chi connectivity index (χ0v) is 8.66. The van der Waals surface area contributed by atoms with Crippen LogP contribution in [0.4, 0.5) is 0 Å². The van der Waals surface area contributed by atoms with Crippen LogP contribution in [-0.4, -0.2) is 28.4 Å². The lowest BCUT2D eigenvalue weighted by atomic mass is 9.84. The second-order valence-corrected chi connectivity index (χ2v) is 4.59. The standard InChI is InChI=1S/C8H13NO4S/c1-14-5-2-3-7(9(12)13)6(4-5)8(10)11/h5-7H,2-4H2,1H3,(H,10,11)/p-1. The first kappa shape index (κ1) is 11.3. The lowest BCUT2D eigenvalue weighted by Crippen LogP contribution is -2.46. The maximum Gasteiger partial charge on any atom is 0.221 e. The van der Waals surface area contributed by atoms with Crippen molar-refractivity contribution in [2.24, 2.45) is 5.92 Å². The molecule has 6 heteroatoms. The Hall–Kier alpha value is -0.780. The molecule has 1 fully saturated rings. The first-order valence-corrected chi connectivity index (χ1v) is 5.72. The van der Waals surface area contributed by atoms with Gasteiger partial charge in [0.2, 0.25) is 6.04 Å². The molecule has 3 unspecified atom stereocenters. The van der Waals surface area contributed by atoms with E-state index in [1.165, 1.54) is 0 Å². The van der Waals surface area contributed by atoms with Gasteiger partial charge in [-0.2, -0.15) is 11.8 Å². The molecule has 0 spiro atoms. The summed E-state index contributed by atoms with van der Waals surface area (Å²) in [6.07, 6.45) is 3.31. The van der Waals surface area contributed by atoms with Gasteiger partial charge in [-0.3, -0.25) is 10.1 Å². The fraction of sp³-hybridized carbons (Fsp3) is 0.875. The second-order valence-electron chi connectivity index (χ2n) is 3.45. The number of hydrogen-bond acceptors (Lipinski definition) is 5. The number of carbonyl (C=O) groups excluding carboxylic acids is 1. The fourth-order valence-corrected chi connectivity index (χ4v) is 2.61. The lowest BCUT2D eigenvalue weighted by Gasteiger charge is -2.30. The van der Waals surface area contributed by atoms with Crippen molar-refractivity contribution in [2.75, 3.05) is 6.26 Å². The number of carbonyl (C=O) groups is 1. The molecule has 1 saturated carbocycles. The fourth-order valence-electron chi connectivity index (χ4n) is 1.84. The van der Waals surface area contributed by atoms with Crippen molar-refractivity contribution < 1.29 is 14.8 Å². The van der Waals surface area contributed by atoms with Crippen molar-refractivity contribution >= 4 is 17.7 Å². The normalized spacial score (nSPS) is 32.5. The Kier molecular flexibility index (Phi) is 3.74. The number of hydrogen-bond donors (Lipinski definition) is 0. The molecule has 3 atom stereocenters. The van der Waals surface area contributed by atoms with Gasteiger partial charge < -0.3 is 9.90 Å². The van der Waals surface area contributed by atoms with E-state index in [0.29, 0.717) is 12.8 Å². The van der Waals surface area contributed by atoms with Gasteiger partial charge in [0.25, 0.3) is 0 Å². The Labute approximate surface area is 86.0 Å². The largest absolute Gasteiger partial charge is 0.550 e. The average molecular weight is 218 g/mol. The van der Waals surface area contributed by atoms with Gasteiger partial charge in [0.05, 0.1) is 11.9 Å². The summed E-state index contributed by atoms with van der Waals surface area (Å²) in [5, 5.41) is 21.5. The summed E-state index contributed by atoms with van der Waals surface area (Å²) < 4.78 is 0. The third kappa shape index (κ3) is 2.37. The Bertz CT molecular complexity index is 245. The Morgan fingerprint density at radius 3 is 2.57 bits per heavy atom. The Morgan fingerprint density at radius 1 is 1.50 bits per heavy atom. The summed E-state index contributed by atoms with van der Waals surface area (Å²) in [6, 6.07) is -0.955. The second kappa shape index (κ2) is 4.63. The summed E-state index contributed by atoms with van der Waals surface area (Å²) in [5.74, 6) is -2.21. The third-order valence-electron chi connectivity index (χ3n) is 2.67. The van der Waals surface area contributed by atoms with Gasteiger partial charge >= 0.3 is 0 Å². The summed E-state index contributed by atoms with van der Waals surface area (Å²) in [4.78, 5) is 20.8. The third-order valence-corrected chi connectivity index (χ3v) is 3.77. The maximum absolute atomic E-state index is 10.7. The monoisotopic (exact) mass is 218 g/mol. The summed E-state index contributed by atoms with van der Waals surface area (Å²) >= 11 is 1.57. The first-order valence-electron chi connectivity index (χ1n) is 4.43. The Morgan fingerprint density at radius 2 is 2.14 bits per heavy atom. The number of nitrogens with zero attached hydrogens (tertiary/aromatic N) is 1. The van der Waals surface area contributed by atoms with Crippen LogP contribution in [0.25, 0.3) is 0 Å². The predicted molar refractivity (Wildman–Crippen MR) is 50.4 cm³/mol. The summed E-state index contributed by atoms with van der Waals surface area (Å²) in [6.45, 7) is 0. The van der Waals surface area contributed by atoms with Gasteiger partial charge in [0.1, 0.15) is 0 Å². The molecule has 0 N–H and O–H groups in total. The highest BCUT2D eigenvalue weighted by Crippen LogP contribution is 2.32. The minimum absolute atomic E-state index is 0.217. The highest BCUT2D eigenvalue weighted by Gasteiger charge is 2.38. The van der Waals surface area contributed by atoms with Crippen LogP contribution >= 0.6 is 11.8 Å². The van der Waals surface area contributed by atoms with Gasteiger partial charge in [-0.05, 0) is 19.1 Å². The summed E-state index contributed by atoms with van der Waals surface area (Å²) in [7, 11) is 0. The van der Waals surface area contributed by atoms with E-state index >= 15 is 0 Å². The van der Waals surface area contributed by atoms with Crippen molar-refractivity contribution in [3.05, 3.63) is 10.1 Å². The minimum Gasteiger partial charge on any atom is -0.550 e. The number of thioether (sulfide) groups is 1. The minimum atomic E-state index is -1.29. The van der Waals surface area contributed by atoms with Crippen molar-refractivity contribution in [3.63, 3.8) is 0 Å². The molecule has 80 valence electrons. The molecule has 0 aliphatic heterocycles. The molecule has 0 heterocycles. The van der Waals surface area contributed by atoms with Crippen LogP contribution in [0.5, 0.6) is 0 Å². The van der Waals surface area contributed by atoms with Gasteiger partial charge in [-0.1, -0.05) is 0 Å². The molecule has 0 radical (unpaired) electrons. The maximum atomic E-state index is 10.7. The van der Waals surface area contributed by atoms with E-state index in [1.807, 2.05) is 6.26 Å². The van der Waals surface area contributed by atoms with Crippen molar-refractivity contribution in [2.45, 2.75) is 30.6 Å². The highest BCUT2D eigenvalue weighted by atomic mass is 32.2. The number of rotatable bonds is 3. The number of nitro groups is 1. The SMILES string of the molecule is CSC1CCC([N+](=O)[O-])C(C(=O)[O-])C1. The Balaban J connectivity index is 2.70. The van der Waals surface area contributed by atoms with Crippen molar-refractivity contribution in [3.8, 4) is 0 Å². The number of carboxylic acids is 1. The summed E-state index contributed by atoms with van der Waals surface area (Å²) in [5.41, 5.74) is 0. The van der Waals surface area contributed by atoms with Gasteiger partial charge in [0.15, 0.2) is 0 Å². The molecule has 0 aromatic rings. The lowest BCUT2D eigenvalue weighted by molar-refractivity contribution is -0.535. The van der Waals surface area contributed by atoms with E-state index < -0.39 is 22.9 Å². The molecule has 0 aromatic heterocycles. The molecule has 1 rings (SSSR count). The molecule has 0 bridgehead atoms. The molecule has 14 heavy (non-hydrogen) atoms. The zero-order valence-electron chi connectivity index (χ0n) is 7.84. The van der Waals surface area contributed by atoms with Crippen LogP contribution in [0, 0.1) is 16.0 Å². The van der Waals surface area contributed by atoms with E-state index in [1.54, 1.807) is 11.8 Å². The van der Waals surface area contributed by atoms with Gasteiger partial charge in [-0.25, -0.2) is 0 Å². The van der Waals surface area contributed by atoms with Crippen molar-refractivity contribution in [1.29, 1.82) is 0 Å². The van der Waals surface area contributed by atoms with Gasteiger partial charge in [-0.15, -0.1) is 0 Å². The highest BCUT2D eigenvalue weighted by molar-refractivity contribution is 7.99. The smallest absolute Gasteiger partial charge is 0.221 e. The quantitative estimate of drug-likeness (QED) is 0.488. The predicted octanol–water partition coefficient (Wildman–Crippen LogP) is -0.0867. The van der Waals surface area contributed by atoms with E-state index in [4.69, 9.17) is 0 Å². The first-order chi connectivity index (χ1) is 6.56. The molecular weight excluding hydrogens is 206 g/mol. The number of aliphatic carboxylic acids is 1. The van der Waals surface area contributed by atoms with Crippen LogP contribution in [0.2, 0.25) is 0 Å². The molecular formula is C8H12NO4S-. The van der Waals surface area contributed by atoms with E-state index in [2.05, 4.69) is 0 Å². The number of carboxylic acid groups (broad SMARTS) is 1. The van der Waals surface area contributed by atoms with Crippen LogP contribution in [-0.2, 0) is 4.79 Å². The molecule has 0 amide bonds. The molecule has 1 aliphatic rings. The van der Waals surface area contributed by atoms with Crippen molar-refractivity contribution in [1.82, 2.24) is 0 Å². The topological polar surface area (TPSA) is 83.3 Å². The van der Waals surface area contributed by atoms with E-state index in [-0.39, 0.29) is 5.25 Å². The van der Waals surface area contributed by atoms with Gasteiger partial charge in [0, 0.05) is 16.6 Å². The molecule has 0 aromatic carbocycles. The average Bonchev–Trinajstić information content (AvgIpc) is 2.16. The van der Waals surface area contributed by atoms with Crippen LogP contribution in [0.3, 0.4) is 0 Å².